The van der Waals surface area contributed by atoms with Crippen molar-refractivity contribution in [2.75, 3.05) is 25.0 Å². The lowest BCUT2D eigenvalue weighted by Gasteiger charge is -2.27. The summed E-state index contributed by atoms with van der Waals surface area (Å²) in [6.07, 6.45) is -1.11. The van der Waals surface area contributed by atoms with Crippen molar-refractivity contribution < 1.29 is 18.0 Å². The maximum Gasteiger partial charge on any atom is 0.393 e. The van der Waals surface area contributed by atoms with Crippen LogP contribution >= 0.6 is 11.3 Å². The van der Waals surface area contributed by atoms with E-state index in [1.165, 1.54) is 6.33 Å². The molecule has 2 N–H and O–H groups in total. The fraction of sp³-hybridized carbons (Fsp3) is 0.650. The van der Waals surface area contributed by atoms with Gasteiger partial charge >= 0.3 is 6.18 Å². The monoisotopic (exact) mass is 443 g/mol. The van der Waals surface area contributed by atoms with Crippen LogP contribution in [0.25, 0.3) is 10.2 Å². The maximum absolute atomic E-state index is 12.8. The van der Waals surface area contributed by atoms with Crippen LogP contribution in [0.4, 0.5) is 19.0 Å². The average Bonchev–Trinajstić information content (AvgIpc) is 2.92. The zero-order valence-corrected chi connectivity index (χ0v) is 18.2. The van der Waals surface area contributed by atoms with Crippen molar-refractivity contribution >= 4 is 33.3 Å². The summed E-state index contributed by atoms with van der Waals surface area (Å²) in [5.74, 6) is 0.847. The van der Waals surface area contributed by atoms with E-state index in [9.17, 15) is 18.0 Å². The Bertz CT molecular complexity index is 870. The summed E-state index contributed by atoms with van der Waals surface area (Å²) >= 11 is 1.07. The normalized spacial score (nSPS) is 19.2. The molecule has 1 amide bonds. The number of hydrogen-bond donors (Lipinski definition) is 2. The second kappa shape index (κ2) is 9.47. The number of aromatic nitrogens is 2. The number of anilines is 1. The van der Waals surface area contributed by atoms with Crippen LogP contribution in [-0.4, -0.2) is 54.3 Å². The molecule has 0 saturated carbocycles. The number of carbonyl (C=O) groups is 1. The number of carbonyl (C=O) groups excluding carboxylic acids is 1. The van der Waals surface area contributed by atoms with Crippen LogP contribution in [0, 0.1) is 5.92 Å². The predicted molar refractivity (Wildman–Crippen MR) is 113 cm³/mol. The van der Waals surface area contributed by atoms with Gasteiger partial charge in [0.2, 0.25) is 5.91 Å². The van der Waals surface area contributed by atoms with Gasteiger partial charge in [0.15, 0.2) is 0 Å². The molecule has 166 valence electrons. The van der Waals surface area contributed by atoms with Crippen molar-refractivity contribution in [3.8, 4) is 0 Å². The van der Waals surface area contributed by atoms with Crippen LogP contribution in [0.3, 0.4) is 0 Å². The highest BCUT2D eigenvalue weighted by atomic mass is 32.1. The van der Waals surface area contributed by atoms with Gasteiger partial charge in [0.1, 0.15) is 17.0 Å². The van der Waals surface area contributed by atoms with Gasteiger partial charge in [0.25, 0.3) is 0 Å². The lowest BCUT2D eigenvalue weighted by atomic mass is 10.00. The van der Waals surface area contributed by atoms with Crippen LogP contribution in [0.15, 0.2) is 12.4 Å². The fourth-order valence-corrected chi connectivity index (χ4v) is 4.91. The number of likely N-dealkylation sites (N-methyl/N-ethyl adjacent to an activating group) is 1. The summed E-state index contributed by atoms with van der Waals surface area (Å²) in [4.78, 5) is 23.7. The molecule has 2 aromatic heterocycles. The second-order valence-corrected chi connectivity index (χ2v) is 9.15. The number of amides is 1. The van der Waals surface area contributed by atoms with Crippen molar-refractivity contribution in [2.24, 2.45) is 5.92 Å². The van der Waals surface area contributed by atoms with Crippen molar-refractivity contribution in [3.05, 3.63) is 17.3 Å². The Labute approximate surface area is 178 Å². The number of thiophene rings is 1. The molecule has 1 aliphatic heterocycles. The van der Waals surface area contributed by atoms with E-state index in [4.69, 9.17) is 0 Å². The highest BCUT2D eigenvalue weighted by Crippen LogP contribution is 2.34. The van der Waals surface area contributed by atoms with Gasteiger partial charge < -0.3 is 15.5 Å². The van der Waals surface area contributed by atoms with Gasteiger partial charge in [-0.15, -0.1) is 11.3 Å². The Kier molecular flexibility index (Phi) is 7.18. The van der Waals surface area contributed by atoms with E-state index in [1.54, 1.807) is 13.1 Å². The first kappa shape index (κ1) is 22.7. The minimum absolute atomic E-state index is 0.0147. The molecule has 3 heterocycles. The molecule has 1 saturated heterocycles. The van der Waals surface area contributed by atoms with Gasteiger partial charge in [-0.2, -0.15) is 13.2 Å². The average molecular weight is 444 g/mol. The van der Waals surface area contributed by atoms with Crippen LogP contribution in [0.2, 0.25) is 0 Å². The topological polar surface area (TPSA) is 70.2 Å². The van der Waals surface area contributed by atoms with E-state index in [0.29, 0.717) is 22.6 Å². The van der Waals surface area contributed by atoms with Crippen molar-refractivity contribution in [1.29, 1.82) is 0 Å². The highest BCUT2D eigenvalue weighted by Gasteiger charge is 2.30. The Balaban J connectivity index is 1.73. The summed E-state index contributed by atoms with van der Waals surface area (Å²) in [6.45, 7) is 5.51. The van der Waals surface area contributed by atoms with E-state index >= 15 is 0 Å². The van der Waals surface area contributed by atoms with Crippen LogP contribution < -0.4 is 15.5 Å². The lowest BCUT2D eigenvalue weighted by molar-refractivity contribution is -0.126. The first-order valence-electron chi connectivity index (χ1n) is 10.2. The van der Waals surface area contributed by atoms with Crippen LogP contribution in [-0.2, 0) is 11.2 Å². The quantitative estimate of drug-likeness (QED) is 0.715. The zero-order valence-electron chi connectivity index (χ0n) is 17.4. The molecule has 30 heavy (non-hydrogen) atoms. The van der Waals surface area contributed by atoms with Crippen molar-refractivity contribution in [1.82, 2.24) is 20.6 Å². The Morgan fingerprint density at radius 3 is 2.73 bits per heavy atom. The summed E-state index contributed by atoms with van der Waals surface area (Å²) in [5.41, 5.74) is 0. The van der Waals surface area contributed by atoms with E-state index in [0.717, 1.165) is 37.1 Å². The summed E-state index contributed by atoms with van der Waals surface area (Å²) in [7, 11) is 1.64. The Morgan fingerprint density at radius 1 is 1.30 bits per heavy atom. The number of hydrogen-bond acceptors (Lipinski definition) is 6. The minimum atomic E-state index is -4.24. The van der Waals surface area contributed by atoms with Crippen molar-refractivity contribution in [2.45, 2.75) is 57.8 Å². The number of nitrogens with zero attached hydrogens (tertiary/aromatic N) is 3. The standard InChI is InChI=1S/C20H28F3N5OS/c1-12(2)16(18(29)24-3)27-13-5-4-7-28(8-6-13)17-15-9-14(10-20(21,22)23)30-19(15)26-11-25-17/h9,11-13,16,27H,4-8,10H2,1-3H3,(H,24,29). The number of fused-ring (bicyclic) bond motifs is 1. The van der Waals surface area contributed by atoms with Crippen LogP contribution in [0.5, 0.6) is 0 Å². The van der Waals surface area contributed by atoms with Gasteiger partial charge in [-0.05, 0) is 31.2 Å². The molecule has 1 fully saturated rings. The van der Waals surface area contributed by atoms with E-state index in [-0.39, 0.29) is 28.8 Å². The molecule has 0 radical (unpaired) electrons. The molecule has 0 spiro atoms. The molecule has 0 aromatic carbocycles. The van der Waals surface area contributed by atoms with Gasteiger partial charge in [0.05, 0.1) is 17.8 Å². The largest absolute Gasteiger partial charge is 0.393 e. The third-order valence-electron chi connectivity index (χ3n) is 5.37. The number of rotatable bonds is 6. The van der Waals surface area contributed by atoms with E-state index in [1.807, 2.05) is 13.8 Å². The molecular formula is C20H28F3N5OS. The van der Waals surface area contributed by atoms with E-state index in [2.05, 4.69) is 25.5 Å². The van der Waals surface area contributed by atoms with E-state index < -0.39 is 12.6 Å². The highest BCUT2D eigenvalue weighted by molar-refractivity contribution is 7.18. The minimum Gasteiger partial charge on any atom is -0.358 e. The number of halogens is 3. The van der Waals surface area contributed by atoms with Crippen molar-refractivity contribution in [3.63, 3.8) is 0 Å². The molecule has 0 aliphatic carbocycles. The molecular weight excluding hydrogens is 415 g/mol. The summed E-state index contributed by atoms with van der Waals surface area (Å²) in [5, 5.41) is 6.89. The Hall–Kier alpha value is -1.94. The smallest absolute Gasteiger partial charge is 0.358 e. The number of nitrogens with one attached hydrogen (secondary N) is 2. The zero-order chi connectivity index (χ0) is 21.9. The molecule has 2 unspecified atom stereocenters. The molecule has 0 bridgehead atoms. The molecule has 6 nitrogen and oxygen atoms in total. The Morgan fingerprint density at radius 2 is 2.07 bits per heavy atom. The molecule has 2 aromatic rings. The van der Waals surface area contributed by atoms with Gasteiger partial charge in [-0.1, -0.05) is 13.8 Å². The third-order valence-corrected chi connectivity index (χ3v) is 6.42. The summed E-state index contributed by atoms with van der Waals surface area (Å²) < 4.78 is 38.4. The molecule has 10 heteroatoms. The SMILES string of the molecule is CNC(=O)C(NC1CCCN(c2ncnc3sc(CC(F)(F)F)cc23)CC1)C(C)C. The number of alkyl halides is 3. The molecule has 3 rings (SSSR count). The van der Waals surface area contributed by atoms with Gasteiger partial charge in [0, 0.05) is 31.1 Å². The first-order chi connectivity index (χ1) is 14.2. The fourth-order valence-electron chi connectivity index (χ4n) is 3.88. The third kappa shape index (κ3) is 5.60. The van der Waals surface area contributed by atoms with Gasteiger partial charge in [-0.25, -0.2) is 9.97 Å². The predicted octanol–water partition coefficient (Wildman–Crippen LogP) is 3.52. The van der Waals surface area contributed by atoms with Gasteiger partial charge in [-0.3, -0.25) is 4.79 Å². The molecule has 2 atom stereocenters. The molecule has 1 aliphatic rings. The second-order valence-electron chi connectivity index (χ2n) is 8.04. The lowest BCUT2D eigenvalue weighted by Crippen LogP contribution is -2.50. The van der Waals surface area contributed by atoms with Crippen LogP contribution in [0.1, 0.15) is 38.0 Å². The maximum atomic E-state index is 12.8. The first-order valence-corrected chi connectivity index (χ1v) is 11.0. The summed E-state index contributed by atoms with van der Waals surface area (Å²) in [6, 6.07) is 1.52.